The summed E-state index contributed by atoms with van der Waals surface area (Å²) in [5.41, 5.74) is 2.15. The van der Waals surface area contributed by atoms with Gasteiger partial charge in [-0.15, -0.1) is 0 Å². The van der Waals surface area contributed by atoms with E-state index in [1.165, 1.54) is 25.7 Å². The Labute approximate surface area is 139 Å². The number of amides is 2. The maximum Gasteiger partial charge on any atom is 0.319 e. The molecule has 0 aliphatic heterocycles. The van der Waals surface area contributed by atoms with Crippen LogP contribution in [0, 0.1) is 12.8 Å². The predicted molar refractivity (Wildman–Crippen MR) is 93.5 cm³/mol. The summed E-state index contributed by atoms with van der Waals surface area (Å²) in [5.74, 6) is 1.45. The molecule has 4 nitrogen and oxygen atoms in total. The molecule has 126 valence electrons. The maximum atomic E-state index is 12.0. The number of hydrogen-bond acceptors (Lipinski definition) is 2. The molecule has 0 radical (unpaired) electrons. The minimum absolute atomic E-state index is 0.115. The molecule has 2 N–H and O–H groups in total. The summed E-state index contributed by atoms with van der Waals surface area (Å²) < 4.78 is 5.66. The summed E-state index contributed by atoms with van der Waals surface area (Å²) in [6.07, 6.45) is 8.94. The zero-order chi connectivity index (χ0) is 16.7. The Kier molecular flexibility index (Phi) is 6.51. The lowest BCUT2D eigenvalue weighted by Crippen LogP contribution is -2.34. The molecular weight excluding hydrogens is 288 g/mol. The van der Waals surface area contributed by atoms with E-state index in [1.54, 1.807) is 6.20 Å². The highest BCUT2D eigenvalue weighted by Crippen LogP contribution is 2.27. The van der Waals surface area contributed by atoms with Crippen LogP contribution in [0.1, 0.15) is 56.7 Å². The van der Waals surface area contributed by atoms with Crippen LogP contribution in [-0.2, 0) is 0 Å². The molecule has 1 aromatic rings. The van der Waals surface area contributed by atoms with E-state index in [9.17, 15) is 4.79 Å². The molecule has 2 amide bonds. The van der Waals surface area contributed by atoms with Crippen molar-refractivity contribution < 1.29 is 9.53 Å². The predicted octanol–water partition coefficient (Wildman–Crippen LogP) is 4.46. The monoisotopic (exact) mass is 316 g/mol. The van der Waals surface area contributed by atoms with Crippen molar-refractivity contribution in [2.45, 2.75) is 52.5 Å². The number of aryl methyl sites for hydroxylation is 1. The van der Waals surface area contributed by atoms with Gasteiger partial charge in [-0.3, -0.25) is 0 Å². The third kappa shape index (κ3) is 5.31. The average molecular weight is 316 g/mol. The van der Waals surface area contributed by atoms with Crippen molar-refractivity contribution in [1.82, 2.24) is 10.6 Å². The second-order valence-corrected chi connectivity index (χ2v) is 6.22. The summed E-state index contributed by atoms with van der Waals surface area (Å²) in [5, 5.41) is 5.77. The van der Waals surface area contributed by atoms with Crippen molar-refractivity contribution in [2.24, 2.45) is 5.92 Å². The first-order chi connectivity index (χ1) is 11.1. The van der Waals surface area contributed by atoms with E-state index in [2.05, 4.69) is 22.8 Å². The van der Waals surface area contributed by atoms with Crippen LogP contribution < -0.4 is 15.4 Å². The fourth-order valence-electron chi connectivity index (χ4n) is 3.02. The standard InChI is InChI=1S/C19H28N2O2/c1-4-23-18-10-9-14(2)13-17(18)15(3)21-19(22)20-12-11-16-7-5-6-8-16/h9-13,15-16H,4-8H2,1-3H3,(H2,20,21,22)/b12-11+. The first-order valence-corrected chi connectivity index (χ1v) is 8.57. The smallest absolute Gasteiger partial charge is 0.319 e. The largest absolute Gasteiger partial charge is 0.494 e. The Bertz CT molecular complexity index is 548. The SMILES string of the molecule is CCOc1ccc(C)cc1C(C)NC(=O)N/C=C/C1CCCC1. The number of ether oxygens (including phenoxy) is 1. The minimum Gasteiger partial charge on any atom is -0.494 e. The van der Waals surface area contributed by atoms with Crippen molar-refractivity contribution in [3.05, 3.63) is 41.6 Å². The molecule has 1 fully saturated rings. The first-order valence-electron chi connectivity index (χ1n) is 8.57. The molecular formula is C19H28N2O2. The van der Waals surface area contributed by atoms with Gasteiger partial charge < -0.3 is 15.4 Å². The second kappa shape index (κ2) is 8.61. The van der Waals surface area contributed by atoms with E-state index in [1.807, 2.05) is 32.9 Å². The number of hydrogen-bond donors (Lipinski definition) is 2. The molecule has 1 aliphatic rings. The first kappa shape index (κ1) is 17.4. The molecule has 23 heavy (non-hydrogen) atoms. The molecule has 0 heterocycles. The van der Waals surface area contributed by atoms with Crippen molar-refractivity contribution >= 4 is 6.03 Å². The number of urea groups is 1. The van der Waals surface area contributed by atoms with Crippen molar-refractivity contribution in [2.75, 3.05) is 6.61 Å². The zero-order valence-corrected chi connectivity index (χ0v) is 14.4. The van der Waals surface area contributed by atoms with Crippen LogP contribution in [0.5, 0.6) is 5.75 Å². The van der Waals surface area contributed by atoms with Crippen LogP contribution in [0.3, 0.4) is 0 Å². The van der Waals surface area contributed by atoms with Crippen LogP contribution >= 0.6 is 0 Å². The van der Waals surface area contributed by atoms with Gasteiger partial charge in [0.1, 0.15) is 5.75 Å². The van der Waals surface area contributed by atoms with E-state index in [4.69, 9.17) is 4.74 Å². The van der Waals surface area contributed by atoms with Crippen LogP contribution in [0.15, 0.2) is 30.5 Å². The van der Waals surface area contributed by atoms with Crippen molar-refractivity contribution in [3.8, 4) is 5.75 Å². The van der Waals surface area contributed by atoms with E-state index >= 15 is 0 Å². The summed E-state index contributed by atoms with van der Waals surface area (Å²) in [6.45, 7) is 6.58. The van der Waals surface area contributed by atoms with Gasteiger partial charge in [-0.05, 0) is 45.6 Å². The molecule has 0 aromatic heterocycles. The molecule has 1 aliphatic carbocycles. The number of carbonyl (C=O) groups excluding carboxylic acids is 1. The molecule has 1 unspecified atom stereocenters. The maximum absolute atomic E-state index is 12.0. The summed E-state index contributed by atoms with van der Waals surface area (Å²) in [6, 6.07) is 5.74. The Balaban J connectivity index is 1.91. The topological polar surface area (TPSA) is 50.4 Å². The third-order valence-corrected chi connectivity index (χ3v) is 4.26. The fourth-order valence-corrected chi connectivity index (χ4v) is 3.02. The Hall–Kier alpha value is -1.97. The number of rotatable bonds is 6. The highest BCUT2D eigenvalue weighted by atomic mass is 16.5. The lowest BCUT2D eigenvalue weighted by Gasteiger charge is -2.18. The van der Waals surface area contributed by atoms with E-state index in [0.717, 1.165) is 16.9 Å². The Morgan fingerprint density at radius 3 is 2.83 bits per heavy atom. The van der Waals surface area contributed by atoms with Crippen LogP contribution in [-0.4, -0.2) is 12.6 Å². The normalized spacial score (nSPS) is 16.5. The molecule has 4 heteroatoms. The third-order valence-electron chi connectivity index (χ3n) is 4.26. The van der Waals surface area contributed by atoms with Crippen LogP contribution in [0.2, 0.25) is 0 Å². The van der Waals surface area contributed by atoms with Gasteiger partial charge >= 0.3 is 6.03 Å². The van der Waals surface area contributed by atoms with Gasteiger partial charge in [0.2, 0.25) is 0 Å². The van der Waals surface area contributed by atoms with Crippen molar-refractivity contribution in [1.29, 1.82) is 0 Å². The number of benzene rings is 1. The van der Waals surface area contributed by atoms with Gasteiger partial charge in [0.15, 0.2) is 0 Å². The number of nitrogens with one attached hydrogen (secondary N) is 2. The number of carbonyl (C=O) groups is 1. The Morgan fingerprint density at radius 1 is 1.39 bits per heavy atom. The van der Waals surface area contributed by atoms with Crippen LogP contribution in [0.4, 0.5) is 4.79 Å². The van der Waals surface area contributed by atoms with E-state index in [-0.39, 0.29) is 12.1 Å². The molecule has 1 aromatic carbocycles. The summed E-state index contributed by atoms with van der Waals surface area (Å²) >= 11 is 0. The molecule has 1 saturated carbocycles. The summed E-state index contributed by atoms with van der Waals surface area (Å²) in [7, 11) is 0. The van der Waals surface area contributed by atoms with E-state index in [0.29, 0.717) is 12.5 Å². The zero-order valence-electron chi connectivity index (χ0n) is 14.4. The lowest BCUT2D eigenvalue weighted by molar-refractivity contribution is 0.240. The highest BCUT2D eigenvalue weighted by molar-refractivity contribution is 5.75. The molecule has 0 bridgehead atoms. The van der Waals surface area contributed by atoms with Crippen molar-refractivity contribution in [3.63, 3.8) is 0 Å². The van der Waals surface area contributed by atoms with E-state index < -0.39 is 0 Å². The summed E-state index contributed by atoms with van der Waals surface area (Å²) in [4.78, 5) is 12.0. The molecule has 1 atom stereocenters. The van der Waals surface area contributed by atoms with Gasteiger partial charge in [-0.2, -0.15) is 0 Å². The van der Waals surface area contributed by atoms with Gasteiger partial charge in [-0.1, -0.05) is 36.6 Å². The molecule has 0 spiro atoms. The average Bonchev–Trinajstić information content (AvgIpc) is 3.02. The number of allylic oxidation sites excluding steroid dienone is 1. The Morgan fingerprint density at radius 2 is 2.13 bits per heavy atom. The molecule has 2 rings (SSSR count). The van der Waals surface area contributed by atoms with Crippen LogP contribution in [0.25, 0.3) is 0 Å². The highest BCUT2D eigenvalue weighted by Gasteiger charge is 2.14. The quantitative estimate of drug-likeness (QED) is 0.814. The molecule has 0 saturated heterocycles. The second-order valence-electron chi connectivity index (χ2n) is 6.22. The van der Waals surface area contributed by atoms with Gasteiger partial charge in [0, 0.05) is 11.8 Å². The van der Waals surface area contributed by atoms with Gasteiger partial charge in [-0.25, -0.2) is 4.79 Å². The van der Waals surface area contributed by atoms with Gasteiger partial charge in [0.25, 0.3) is 0 Å². The lowest BCUT2D eigenvalue weighted by atomic mass is 10.0. The minimum atomic E-state index is -0.185. The van der Waals surface area contributed by atoms with Gasteiger partial charge in [0.05, 0.1) is 12.6 Å². The fraction of sp³-hybridized carbons (Fsp3) is 0.526.